The van der Waals surface area contributed by atoms with Crippen molar-refractivity contribution in [3.05, 3.63) is 71.1 Å². The van der Waals surface area contributed by atoms with Gasteiger partial charge in [0.25, 0.3) is 5.91 Å². The zero-order valence-electron chi connectivity index (χ0n) is 15.9. The highest BCUT2D eigenvalue weighted by atomic mass is 16.3. The molecule has 10 nitrogen and oxygen atoms in total. The fraction of sp³-hybridized carbons (Fsp3) is 0.200. The Morgan fingerprint density at radius 3 is 2.47 bits per heavy atom. The van der Waals surface area contributed by atoms with Gasteiger partial charge in [0.15, 0.2) is 22.8 Å². The van der Waals surface area contributed by atoms with Crippen molar-refractivity contribution in [1.29, 1.82) is 0 Å². The topological polar surface area (TPSA) is 110 Å². The summed E-state index contributed by atoms with van der Waals surface area (Å²) in [5.41, 5.74) is 0.191. The number of benzene rings is 1. The molecule has 0 aliphatic carbocycles. The van der Waals surface area contributed by atoms with Gasteiger partial charge in [-0.1, -0.05) is 12.1 Å². The first-order chi connectivity index (χ1) is 14.7. The van der Waals surface area contributed by atoms with Crippen molar-refractivity contribution in [3.8, 4) is 5.82 Å². The van der Waals surface area contributed by atoms with E-state index in [1.807, 2.05) is 12.1 Å². The van der Waals surface area contributed by atoms with Gasteiger partial charge in [-0.2, -0.15) is 5.10 Å². The molecule has 0 atom stereocenters. The van der Waals surface area contributed by atoms with Gasteiger partial charge in [0.05, 0.1) is 5.39 Å². The SMILES string of the molecule is O=C(c1cc(=O)c2ccccc2o1)N1CCN(c2ccc(-n3cncn3)nn2)CC1. The van der Waals surface area contributed by atoms with Crippen molar-refractivity contribution in [3.63, 3.8) is 0 Å². The van der Waals surface area contributed by atoms with Crippen molar-refractivity contribution in [1.82, 2.24) is 29.9 Å². The molecule has 0 N–H and O–H groups in total. The molecule has 0 spiro atoms. The Labute approximate surface area is 170 Å². The summed E-state index contributed by atoms with van der Waals surface area (Å²) in [6, 6.07) is 11.9. The predicted molar refractivity (Wildman–Crippen MR) is 108 cm³/mol. The molecule has 150 valence electrons. The minimum absolute atomic E-state index is 0.0594. The van der Waals surface area contributed by atoms with Gasteiger partial charge in [-0.15, -0.1) is 10.2 Å². The van der Waals surface area contributed by atoms with E-state index in [0.29, 0.717) is 43.0 Å². The molecule has 0 radical (unpaired) electrons. The Bertz CT molecular complexity index is 1240. The van der Waals surface area contributed by atoms with Crippen molar-refractivity contribution >= 4 is 22.7 Å². The van der Waals surface area contributed by atoms with Gasteiger partial charge in [-0.25, -0.2) is 9.67 Å². The molecule has 0 bridgehead atoms. The zero-order chi connectivity index (χ0) is 20.5. The molecule has 1 amide bonds. The van der Waals surface area contributed by atoms with Gasteiger partial charge < -0.3 is 14.2 Å². The number of rotatable bonds is 3. The molecule has 1 aliphatic heterocycles. The second-order valence-electron chi connectivity index (χ2n) is 6.84. The zero-order valence-corrected chi connectivity index (χ0v) is 15.9. The summed E-state index contributed by atoms with van der Waals surface area (Å²) in [6.45, 7) is 2.17. The van der Waals surface area contributed by atoms with Crippen LogP contribution < -0.4 is 10.3 Å². The van der Waals surface area contributed by atoms with Crippen LogP contribution in [0.15, 0.2) is 64.3 Å². The molecule has 5 rings (SSSR count). The van der Waals surface area contributed by atoms with Crippen molar-refractivity contribution in [2.24, 2.45) is 0 Å². The van der Waals surface area contributed by atoms with Gasteiger partial charge in [-0.05, 0) is 24.3 Å². The van der Waals surface area contributed by atoms with Crippen LogP contribution in [0.5, 0.6) is 0 Å². The van der Waals surface area contributed by atoms with Crippen LogP contribution in [0.1, 0.15) is 10.6 Å². The molecule has 1 fully saturated rings. The summed E-state index contributed by atoms with van der Waals surface area (Å²) in [6.07, 6.45) is 2.99. The smallest absolute Gasteiger partial charge is 0.289 e. The number of fused-ring (bicyclic) bond motifs is 1. The summed E-state index contributed by atoms with van der Waals surface area (Å²) in [4.78, 5) is 32.7. The van der Waals surface area contributed by atoms with E-state index >= 15 is 0 Å². The van der Waals surface area contributed by atoms with E-state index in [1.165, 1.54) is 17.1 Å². The molecule has 0 saturated carbocycles. The first-order valence-electron chi connectivity index (χ1n) is 9.45. The molecule has 3 aromatic heterocycles. The van der Waals surface area contributed by atoms with Gasteiger partial charge in [0, 0.05) is 32.2 Å². The summed E-state index contributed by atoms with van der Waals surface area (Å²) in [7, 11) is 0. The Morgan fingerprint density at radius 1 is 0.967 bits per heavy atom. The van der Waals surface area contributed by atoms with E-state index < -0.39 is 0 Å². The average Bonchev–Trinajstić information content (AvgIpc) is 3.34. The van der Waals surface area contributed by atoms with Crippen LogP contribution in [0.3, 0.4) is 0 Å². The van der Waals surface area contributed by atoms with Crippen molar-refractivity contribution in [2.75, 3.05) is 31.1 Å². The standard InChI is InChI=1S/C20H17N7O3/c28-15-11-17(30-16-4-2-1-3-14(15)16)20(29)26-9-7-25(8-10-26)18-5-6-19(24-23-18)27-13-21-12-22-27/h1-6,11-13H,7-10H2. The lowest BCUT2D eigenvalue weighted by Gasteiger charge is -2.34. The van der Waals surface area contributed by atoms with Crippen molar-refractivity contribution in [2.45, 2.75) is 0 Å². The fourth-order valence-electron chi connectivity index (χ4n) is 3.44. The minimum Gasteiger partial charge on any atom is -0.451 e. The number of carbonyl (C=O) groups excluding carboxylic acids is 1. The molecule has 4 heterocycles. The van der Waals surface area contributed by atoms with Crippen LogP contribution in [0.2, 0.25) is 0 Å². The first kappa shape index (κ1) is 18.0. The molecule has 4 aromatic rings. The third-order valence-electron chi connectivity index (χ3n) is 5.03. The van der Waals surface area contributed by atoms with E-state index in [0.717, 1.165) is 5.82 Å². The van der Waals surface area contributed by atoms with Crippen LogP contribution in [0, 0.1) is 0 Å². The second kappa shape index (κ2) is 7.39. The summed E-state index contributed by atoms with van der Waals surface area (Å²) >= 11 is 0. The maximum Gasteiger partial charge on any atom is 0.289 e. The predicted octanol–water partition coefficient (Wildman–Crippen LogP) is 1.13. The largest absolute Gasteiger partial charge is 0.451 e. The Balaban J connectivity index is 1.28. The molecule has 1 saturated heterocycles. The minimum atomic E-state index is -0.287. The number of amides is 1. The highest BCUT2D eigenvalue weighted by molar-refractivity contribution is 5.93. The number of carbonyl (C=O) groups is 1. The normalized spacial score (nSPS) is 14.3. The Kier molecular flexibility index (Phi) is 4.43. The number of nitrogens with zero attached hydrogens (tertiary/aromatic N) is 7. The lowest BCUT2D eigenvalue weighted by Crippen LogP contribution is -2.49. The van der Waals surface area contributed by atoms with Crippen LogP contribution in [0.25, 0.3) is 16.8 Å². The van der Waals surface area contributed by atoms with E-state index in [4.69, 9.17) is 4.42 Å². The van der Waals surface area contributed by atoms with E-state index in [-0.39, 0.29) is 17.1 Å². The molecule has 1 aliphatic rings. The van der Waals surface area contributed by atoms with Gasteiger partial charge in [-0.3, -0.25) is 9.59 Å². The summed E-state index contributed by atoms with van der Waals surface area (Å²) < 4.78 is 7.21. The fourth-order valence-corrected chi connectivity index (χ4v) is 3.44. The number of hydrogen-bond donors (Lipinski definition) is 0. The molecule has 0 unspecified atom stereocenters. The summed E-state index contributed by atoms with van der Waals surface area (Å²) in [5.74, 6) is 1.08. The summed E-state index contributed by atoms with van der Waals surface area (Å²) in [5, 5.41) is 12.9. The quantitative estimate of drug-likeness (QED) is 0.501. The second-order valence-corrected chi connectivity index (χ2v) is 6.84. The number of aromatic nitrogens is 5. The first-order valence-corrected chi connectivity index (χ1v) is 9.45. The molecular weight excluding hydrogens is 386 g/mol. The monoisotopic (exact) mass is 403 g/mol. The number of piperazine rings is 1. The highest BCUT2D eigenvalue weighted by Gasteiger charge is 2.25. The average molecular weight is 403 g/mol. The third kappa shape index (κ3) is 3.28. The van der Waals surface area contributed by atoms with E-state index in [2.05, 4.69) is 25.2 Å². The van der Waals surface area contributed by atoms with Gasteiger partial charge in [0.2, 0.25) is 0 Å². The lowest BCUT2D eigenvalue weighted by atomic mass is 10.2. The number of anilines is 1. The molecular formula is C20H17N7O3. The Morgan fingerprint density at radius 2 is 1.73 bits per heavy atom. The molecule has 10 heteroatoms. The molecule has 1 aromatic carbocycles. The number of para-hydroxylation sites is 1. The van der Waals surface area contributed by atoms with Crippen LogP contribution >= 0.6 is 0 Å². The lowest BCUT2D eigenvalue weighted by molar-refractivity contribution is 0.0715. The highest BCUT2D eigenvalue weighted by Crippen LogP contribution is 2.17. The third-order valence-corrected chi connectivity index (χ3v) is 5.03. The van der Waals surface area contributed by atoms with E-state index in [9.17, 15) is 9.59 Å². The molecule has 30 heavy (non-hydrogen) atoms. The van der Waals surface area contributed by atoms with Crippen LogP contribution in [-0.2, 0) is 0 Å². The maximum absolute atomic E-state index is 12.8. The van der Waals surface area contributed by atoms with Crippen LogP contribution in [0.4, 0.5) is 5.82 Å². The van der Waals surface area contributed by atoms with Crippen LogP contribution in [-0.4, -0.2) is 61.9 Å². The van der Waals surface area contributed by atoms with Gasteiger partial charge in [0.1, 0.15) is 18.2 Å². The van der Waals surface area contributed by atoms with Gasteiger partial charge >= 0.3 is 0 Å². The van der Waals surface area contributed by atoms with E-state index in [1.54, 1.807) is 35.5 Å². The maximum atomic E-state index is 12.8. The Hall–Kier alpha value is -4.08. The van der Waals surface area contributed by atoms with Crippen molar-refractivity contribution < 1.29 is 9.21 Å². The number of hydrogen-bond acceptors (Lipinski definition) is 8.